The lowest BCUT2D eigenvalue weighted by atomic mass is 10.0. The Morgan fingerprint density at radius 2 is 2.00 bits per heavy atom. The van der Waals surface area contributed by atoms with Crippen molar-refractivity contribution in [2.24, 2.45) is 5.92 Å². The highest BCUT2D eigenvalue weighted by atomic mass is 19.3. The van der Waals surface area contributed by atoms with Gasteiger partial charge in [0.05, 0.1) is 17.7 Å². The monoisotopic (exact) mass is 515 g/mol. The SMILES string of the molecule is Cc1[nH]c2c(-c3cc(C(F)F)ccc3OCC3CC3)ncnc2c1C(=O)N[C@H]1CCN(C(=O)C(C)F)C1. The first-order valence-electron chi connectivity index (χ1n) is 12.3. The zero-order valence-corrected chi connectivity index (χ0v) is 20.6. The molecule has 2 atom stereocenters. The van der Waals surface area contributed by atoms with Gasteiger partial charge >= 0.3 is 0 Å². The summed E-state index contributed by atoms with van der Waals surface area (Å²) in [6.45, 7) is 3.99. The molecule has 2 aromatic heterocycles. The van der Waals surface area contributed by atoms with Crippen LogP contribution in [0.1, 0.15) is 54.2 Å². The first kappa shape index (κ1) is 25.0. The Balaban J connectivity index is 1.46. The number of aromatic nitrogens is 3. The maximum atomic E-state index is 13.5. The topological polar surface area (TPSA) is 100 Å². The molecule has 3 heterocycles. The smallest absolute Gasteiger partial charge is 0.263 e. The molecule has 8 nitrogen and oxygen atoms in total. The van der Waals surface area contributed by atoms with E-state index in [0.29, 0.717) is 64.8 Å². The highest BCUT2D eigenvalue weighted by molar-refractivity contribution is 6.09. The van der Waals surface area contributed by atoms with E-state index in [1.54, 1.807) is 6.92 Å². The van der Waals surface area contributed by atoms with Crippen LogP contribution >= 0.6 is 0 Å². The highest BCUT2D eigenvalue weighted by Crippen LogP contribution is 2.38. The number of aromatic amines is 1. The number of carbonyl (C=O) groups is 2. The molecule has 5 rings (SSSR count). The number of halogens is 3. The van der Waals surface area contributed by atoms with Crippen molar-refractivity contribution in [1.29, 1.82) is 0 Å². The van der Waals surface area contributed by atoms with E-state index in [-0.39, 0.29) is 18.2 Å². The minimum atomic E-state index is -2.67. The number of hydrogen-bond acceptors (Lipinski definition) is 5. The highest BCUT2D eigenvalue weighted by Gasteiger charge is 2.31. The van der Waals surface area contributed by atoms with Gasteiger partial charge in [0.2, 0.25) is 0 Å². The van der Waals surface area contributed by atoms with Crippen molar-refractivity contribution in [2.75, 3.05) is 19.7 Å². The van der Waals surface area contributed by atoms with E-state index in [9.17, 15) is 22.8 Å². The first-order valence-corrected chi connectivity index (χ1v) is 12.3. The Kier molecular flexibility index (Phi) is 6.78. The molecule has 0 radical (unpaired) electrons. The molecule has 1 aromatic carbocycles. The Labute approximate surface area is 211 Å². The van der Waals surface area contributed by atoms with E-state index in [2.05, 4.69) is 20.3 Å². The number of benzene rings is 1. The van der Waals surface area contributed by atoms with Gasteiger partial charge in [0.1, 0.15) is 23.3 Å². The fourth-order valence-corrected chi connectivity index (χ4v) is 4.68. The van der Waals surface area contributed by atoms with Crippen molar-refractivity contribution < 1.29 is 27.5 Å². The summed E-state index contributed by atoms with van der Waals surface area (Å²) in [6, 6.07) is 3.90. The van der Waals surface area contributed by atoms with Crippen LogP contribution in [0.3, 0.4) is 0 Å². The summed E-state index contributed by atoms with van der Waals surface area (Å²) in [5.74, 6) is -0.0889. The van der Waals surface area contributed by atoms with Crippen molar-refractivity contribution in [3.8, 4) is 17.0 Å². The van der Waals surface area contributed by atoms with Gasteiger partial charge in [0.25, 0.3) is 18.2 Å². The summed E-state index contributed by atoms with van der Waals surface area (Å²) in [5, 5.41) is 2.91. The number of rotatable bonds is 8. The molecule has 2 fully saturated rings. The molecule has 2 amide bonds. The summed E-state index contributed by atoms with van der Waals surface area (Å²) >= 11 is 0. The van der Waals surface area contributed by atoms with E-state index >= 15 is 0 Å². The molecule has 1 saturated carbocycles. The lowest BCUT2D eigenvalue weighted by Gasteiger charge is -2.17. The number of amides is 2. The molecule has 2 aliphatic rings. The maximum Gasteiger partial charge on any atom is 0.263 e. The first-order chi connectivity index (χ1) is 17.7. The zero-order chi connectivity index (χ0) is 26.3. The summed E-state index contributed by atoms with van der Waals surface area (Å²) in [5.41, 5.74) is 2.20. The number of aryl methyl sites for hydroxylation is 1. The normalized spacial score (nSPS) is 18.4. The van der Waals surface area contributed by atoms with Gasteiger partial charge in [0, 0.05) is 36.0 Å². The van der Waals surface area contributed by atoms with E-state index in [4.69, 9.17) is 4.74 Å². The van der Waals surface area contributed by atoms with Gasteiger partial charge in [-0.1, -0.05) is 0 Å². The maximum absolute atomic E-state index is 13.5. The van der Waals surface area contributed by atoms with Crippen LogP contribution in [0.15, 0.2) is 24.5 Å². The van der Waals surface area contributed by atoms with Crippen molar-refractivity contribution in [1.82, 2.24) is 25.2 Å². The minimum Gasteiger partial charge on any atom is -0.493 e. The summed E-state index contributed by atoms with van der Waals surface area (Å²) < 4.78 is 46.5. The number of hydrogen-bond donors (Lipinski definition) is 2. The average Bonchev–Trinajstić information content (AvgIpc) is 3.47. The quantitative estimate of drug-likeness (QED) is 0.465. The Morgan fingerprint density at radius 3 is 2.70 bits per heavy atom. The van der Waals surface area contributed by atoms with E-state index in [0.717, 1.165) is 12.8 Å². The van der Waals surface area contributed by atoms with Crippen molar-refractivity contribution in [3.05, 3.63) is 41.3 Å². The Morgan fingerprint density at radius 1 is 1.22 bits per heavy atom. The van der Waals surface area contributed by atoms with Gasteiger partial charge in [-0.15, -0.1) is 0 Å². The molecule has 1 unspecified atom stereocenters. The molecule has 3 aromatic rings. The van der Waals surface area contributed by atoms with Crippen molar-refractivity contribution in [2.45, 2.75) is 51.7 Å². The molecule has 1 aliphatic carbocycles. The summed E-state index contributed by atoms with van der Waals surface area (Å²) in [7, 11) is 0. The van der Waals surface area contributed by atoms with Crippen LogP contribution in [0, 0.1) is 12.8 Å². The second-order valence-corrected chi connectivity index (χ2v) is 9.74. The average molecular weight is 516 g/mol. The van der Waals surface area contributed by atoms with Gasteiger partial charge in [-0.05, 0) is 57.2 Å². The third kappa shape index (κ3) is 5.12. The van der Waals surface area contributed by atoms with Gasteiger partial charge in [-0.2, -0.15) is 0 Å². The number of carbonyl (C=O) groups excluding carboxylic acids is 2. The predicted molar refractivity (Wildman–Crippen MR) is 130 cm³/mol. The molecular formula is C26H28F3N5O3. The van der Waals surface area contributed by atoms with Gasteiger partial charge in [-0.3, -0.25) is 9.59 Å². The number of nitrogens with zero attached hydrogens (tertiary/aromatic N) is 3. The zero-order valence-electron chi connectivity index (χ0n) is 20.6. The van der Waals surface area contributed by atoms with Crippen LogP contribution in [-0.2, 0) is 4.79 Å². The van der Waals surface area contributed by atoms with Crippen LogP contribution < -0.4 is 10.1 Å². The molecule has 1 aliphatic heterocycles. The van der Waals surface area contributed by atoms with Crippen molar-refractivity contribution >= 4 is 22.8 Å². The molecule has 2 N–H and O–H groups in total. The van der Waals surface area contributed by atoms with E-state index < -0.39 is 24.4 Å². The number of nitrogens with one attached hydrogen (secondary N) is 2. The molecule has 196 valence electrons. The number of likely N-dealkylation sites (tertiary alicyclic amines) is 1. The second kappa shape index (κ2) is 10.0. The lowest BCUT2D eigenvalue weighted by molar-refractivity contribution is -0.134. The summed E-state index contributed by atoms with van der Waals surface area (Å²) in [6.07, 6.45) is -0.305. The number of alkyl halides is 3. The molecule has 1 saturated heterocycles. The van der Waals surface area contributed by atoms with Crippen molar-refractivity contribution in [3.63, 3.8) is 0 Å². The standard InChI is InChI=1S/C26H28F3N5O3/c1-13(27)26(36)34-8-7-17(10-34)33-25(35)20-14(2)32-23-21(30-12-31-22(20)23)18-9-16(24(28)29)5-6-19(18)37-11-15-3-4-15/h5-6,9,12-13,15,17,24,32H,3-4,7-8,10-11H2,1-2H3,(H,33,35)/t13?,17-/m0/s1. The fraction of sp³-hybridized carbons (Fsp3) is 0.462. The Bertz CT molecular complexity index is 1340. The molecule has 0 spiro atoms. The van der Waals surface area contributed by atoms with E-state index in [1.807, 2.05) is 0 Å². The molecular weight excluding hydrogens is 487 g/mol. The van der Waals surface area contributed by atoms with E-state index in [1.165, 1.54) is 36.4 Å². The van der Waals surface area contributed by atoms with Crippen LogP contribution in [0.4, 0.5) is 13.2 Å². The number of ether oxygens (including phenoxy) is 1. The van der Waals surface area contributed by atoms with Gasteiger partial charge < -0.3 is 19.9 Å². The van der Waals surface area contributed by atoms with Crippen LogP contribution in [0.5, 0.6) is 5.75 Å². The number of H-pyrrole nitrogens is 1. The molecule has 11 heteroatoms. The number of fused-ring (bicyclic) bond motifs is 1. The lowest BCUT2D eigenvalue weighted by Crippen LogP contribution is -2.40. The summed E-state index contributed by atoms with van der Waals surface area (Å²) in [4.78, 5) is 38.4. The third-order valence-electron chi connectivity index (χ3n) is 6.86. The van der Waals surface area contributed by atoms with Crippen LogP contribution in [0.25, 0.3) is 22.3 Å². The van der Waals surface area contributed by atoms with Gasteiger partial charge in [0.15, 0.2) is 6.17 Å². The van der Waals surface area contributed by atoms with Crippen LogP contribution in [0.2, 0.25) is 0 Å². The second-order valence-electron chi connectivity index (χ2n) is 9.74. The largest absolute Gasteiger partial charge is 0.493 e. The third-order valence-corrected chi connectivity index (χ3v) is 6.86. The molecule has 0 bridgehead atoms. The molecule has 37 heavy (non-hydrogen) atoms. The minimum absolute atomic E-state index is 0.162. The fourth-order valence-electron chi connectivity index (χ4n) is 4.68. The van der Waals surface area contributed by atoms with Crippen LogP contribution in [-0.4, -0.2) is 63.6 Å². The van der Waals surface area contributed by atoms with Gasteiger partial charge in [-0.25, -0.2) is 23.1 Å². The Hall–Kier alpha value is -3.63. The predicted octanol–water partition coefficient (Wildman–Crippen LogP) is 4.35.